The van der Waals surface area contributed by atoms with Crippen molar-refractivity contribution in [2.75, 3.05) is 0 Å². The smallest absolute Gasteiger partial charge is 0.115 e. The van der Waals surface area contributed by atoms with Crippen molar-refractivity contribution < 1.29 is 20.4 Å². The number of phenols is 4. The molecule has 0 heterocycles. The van der Waals surface area contributed by atoms with E-state index in [1.165, 1.54) is 22.3 Å². The van der Waals surface area contributed by atoms with Crippen LogP contribution in [0.3, 0.4) is 0 Å². The van der Waals surface area contributed by atoms with Crippen LogP contribution in [0, 0.1) is 43.3 Å². The fourth-order valence-electron chi connectivity index (χ4n) is 4.38. The summed E-state index contributed by atoms with van der Waals surface area (Å²) in [6.07, 6.45) is 2.10. The largest absolute Gasteiger partial charge is 0.508 e. The molecular weight excluding hydrogens is 1170 g/mol. The molecule has 0 fully saturated rings. The second-order valence-corrected chi connectivity index (χ2v) is 34.4. The number of phenolic OH excluding ortho intramolecular Hbond substituents is 4. The molecule has 0 aliphatic rings. The molecule has 0 bridgehead atoms. The van der Waals surface area contributed by atoms with Crippen molar-refractivity contribution >= 4 is 0 Å². The highest BCUT2D eigenvalue weighted by atomic mass is 16.3. The first-order chi connectivity index (χ1) is 32.9. The molecule has 0 radical (unpaired) electrons. The summed E-state index contributed by atoms with van der Waals surface area (Å²) < 4.78 is 0. The highest BCUT2D eigenvalue weighted by molar-refractivity contribution is 5.31. The molecule has 0 spiro atoms. The van der Waals surface area contributed by atoms with Gasteiger partial charge in [-0.15, -0.1) is 0 Å². The summed E-state index contributed by atoms with van der Waals surface area (Å²) in [4.78, 5) is 0. The van der Waals surface area contributed by atoms with Gasteiger partial charge in [0.25, 0.3) is 0 Å². The number of hydrogen-bond donors (Lipinski definition) is 4. The zero-order chi connectivity index (χ0) is 62.3. The Balaban J connectivity index is -0.0000000236. The fraction of sp³-hybridized carbons (Fsp3) is 0.739. The summed E-state index contributed by atoms with van der Waals surface area (Å²) in [5.74, 6) is 1.34. The van der Waals surface area contributed by atoms with Crippen LogP contribution >= 0.6 is 0 Å². The molecule has 4 rings (SSSR count). The maximum absolute atomic E-state index is 9.05. The molecule has 0 saturated heterocycles. The zero-order valence-corrected chi connectivity index (χ0v) is 57.4. The summed E-state index contributed by atoms with van der Waals surface area (Å²) >= 11 is 0. The van der Waals surface area contributed by atoms with Crippen LogP contribution in [0.2, 0.25) is 0 Å². The molecule has 0 aromatic heterocycles. The molecule has 4 aromatic rings. The minimum atomic E-state index is 0. The van der Waals surface area contributed by atoms with Gasteiger partial charge in [0.05, 0.1) is 0 Å². The van der Waals surface area contributed by atoms with E-state index in [0.717, 1.165) is 12.8 Å². The second kappa shape index (κ2) is 76.8. The van der Waals surface area contributed by atoms with Crippen molar-refractivity contribution in [1.29, 1.82) is 0 Å². The van der Waals surface area contributed by atoms with E-state index >= 15 is 0 Å². The van der Waals surface area contributed by atoms with Gasteiger partial charge >= 0.3 is 0 Å². The zero-order valence-electron chi connectivity index (χ0n) is 57.4. The summed E-state index contributed by atoms with van der Waals surface area (Å²) in [7, 11) is 0. The van der Waals surface area contributed by atoms with Crippen LogP contribution in [0.15, 0.2) is 97.1 Å². The summed E-state index contributed by atoms with van der Waals surface area (Å²) in [5.41, 5.74) is 9.03. The van der Waals surface area contributed by atoms with E-state index in [-0.39, 0.29) is 159 Å². The lowest BCUT2D eigenvalue weighted by Gasteiger charge is -2.18. The van der Waals surface area contributed by atoms with E-state index in [4.69, 9.17) is 20.4 Å². The lowest BCUT2D eigenvalue weighted by molar-refractivity contribution is 0.410. The Labute approximate surface area is 624 Å². The first-order valence-corrected chi connectivity index (χ1v) is 28.1. The quantitative estimate of drug-likeness (QED) is 0.161. The normalized spacial score (nSPS) is 9.29. The highest BCUT2D eigenvalue weighted by Crippen LogP contribution is 2.26. The van der Waals surface area contributed by atoms with Crippen molar-refractivity contribution in [2.24, 2.45) is 43.3 Å². The first-order valence-electron chi connectivity index (χ1n) is 28.1. The van der Waals surface area contributed by atoms with Crippen LogP contribution in [-0.2, 0) is 23.7 Å². The van der Waals surface area contributed by atoms with E-state index in [1.54, 1.807) is 48.5 Å². The SMILES string of the molecule is C.C.C.C.C.C.C.C.C.C.C.C.C.C.C.C.C.C.C.C.CC(C)(C)C.CC(C)(C)C.CC(C)(C)C.CC(C)(C)C.CC(C)(C)C.CC(C)(C)C.CC(C)(C)Cc1ccc(O)cc1.CC(C)(C)Cc1ccc(O)cc1.CC(C)(C)c1ccc(O)cc1.CC(C)(C)c1ccc(O)cc1. The third-order valence-corrected chi connectivity index (χ3v) is 6.81. The van der Waals surface area contributed by atoms with Crippen molar-refractivity contribution in [1.82, 2.24) is 0 Å². The maximum Gasteiger partial charge on any atom is 0.115 e. The molecule has 0 unspecified atom stereocenters. The predicted molar refractivity (Wildman–Crippen MR) is 482 cm³/mol. The lowest BCUT2D eigenvalue weighted by atomic mass is 9.87. The number of benzene rings is 4. The fourth-order valence-corrected chi connectivity index (χ4v) is 4.38. The molecule has 0 saturated carbocycles. The van der Waals surface area contributed by atoms with Gasteiger partial charge < -0.3 is 20.4 Å². The highest BCUT2D eigenvalue weighted by Gasteiger charge is 2.14. The van der Waals surface area contributed by atoms with Crippen molar-refractivity contribution in [2.45, 2.75) is 421 Å². The first kappa shape index (κ1) is 175. The second-order valence-electron chi connectivity index (χ2n) is 34.4. The van der Waals surface area contributed by atoms with Gasteiger partial charge in [0.2, 0.25) is 0 Å². The van der Waals surface area contributed by atoms with Crippen molar-refractivity contribution in [3.8, 4) is 23.0 Å². The molecule has 4 aromatic carbocycles. The lowest BCUT2D eigenvalue weighted by Crippen LogP contribution is -2.10. The van der Waals surface area contributed by atoms with Crippen LogP contribution in [0.5, 0.6) is 23.0 Å². The average Bonchev–Trinajstić information content (AvgIpc) is 3.09. The van der Waals surface area contributed by atoms with Crippen molar-refractivity contribution in [3.05, 3.63) is 119 Å². The topological polar surface area (TPSA) is 80.9 Å². The van der Waals surface area contributed by atoms with Gasteiger partial charge in [-0.25, -0.2) is 0 Å². The van der Waals surface area contributed by atoms with Crippen LogP contribution in [0.4, 0.5) is 0 Å². The minimum Gasteiger partial charge on any atom is -0.508 e. The third-order valence-electron chi connectivity index (χ3n) is 6.81. The van der Waals surface area contributed by atoms with Gasteiger partial charge in [-0.2, -0.15) is 0 Å². The third kappa shape index (κ3) is 212. The van der Waals surface area contributed by atoms with Crippen LogP contribution in [-0.4, -0.2) is 20.4 Å². The Morgan fingerprint density at radius 3 is 0.354 bits per heavy atom. The van der Waals surface area contributed by atoms with E-state index < -0.39 is 0 Å². The summed E-state index contributed by atoms with van der Waals surface area (Å²) in [5, 5.41) is 36.2. The van der Waals surface area contributed by atoms with Crippen LogP contribution in [0.25, 0.3) is 0 Å². The monoisotopic (exact) mass is 1380 g/mol. The molecule has 0 amide bonds. The molecule has 4 heteroatoms. The average molecular weight is 1380 g/mol. The number of aromatic hydroxyl groups is 4. The van der Waals surface area contributed by atoms with Crippen molar-refractivity contribution in [3.63, 3.8) is 0 Å². The van der Waals surface area contributed by atoms with Gasteiger partial charge in [-0.05, 0) is 138 Å². The Hall–Kier alpha value is -3.92. The number of rotatable bonds is 2. The molecule has 0 aliphatic heterocycles. The maximum atomic E-state index is 9.05. The predicted octanol–water partition coefficient (Wildman–Crippen LogP) is 36.4. The van der Waals surface area contributed by atoms with Gasteiger partial charge in [-0.3, -0.25) is 0 Å². The molecule has 4 nitrogen and oxygen atoms in total. The minimum absolute atomic E-state index is 0. The van der Waals surface area contributed by atoms with Crippen LogP contribution in [0.1, 0.15) is 420 Å². The van der Waals surface area contributed by atoms with E-state index in [0.29, 0.717) is 66.3 Å². The van der Waals surface area contributed by atoms with E-state index in [2.05, 4.69) is 249 Å². The van der Waals surface area contributed by atoms with Gasteiger partial charge in [0, 0.05) is 0 Å². The molecular formula is C92H212O4. The molecule has 0 aliphatic carbocycles. The summed E-state index contributed by atoms with van der Waals surface area (Å²) in [6.45, 7) is 78.7. The van der Waals surface area contributed by atoms with Crippen LogP contribution < -0.4 is 0 Å². The number of hydrogen-bond acceptors (Lipinski definition) is 4. The molecule has 0 atom stereocenters. The molecule has 604 valence electrons. The molecule has 96 heavy (non-hydrogen) atoms. The summed E-state index contributed by atoms with van der Waals surface area (Å²) in [6, 6.07) is 29.5. The van der Waals surface area contributed by atoms with E-state index in [1.807, 2.05) is 48.5 Å². The standard InChI is InChI=1S/2C11H16O.2C10H14O.6C5H12.20CH4/c2*1-11(2,3)8-9-4-6-10(12)7-5-9;2*1-10(2,3)8-4-6-9(11)7-5-8;6*1-5(2,3)4;;;;;;;;;;;;;;;;;;;;/h2*4-7,12H,8H2,1-3H3;2*4-7,11H,1-3H3;6*1-4H3;20*1H4. The van der Waals surface area contributed by atoms with Gasteiger partial charge in [-0.1, -0.05) is 446 Å². The van der Waals surface area contributed by atoms with Gasteiger partial charge in [0.15, 0.2) is 0 Å². The van der Waals surface area contributed by atoms with E-state index in [9.17, 15) is 0 Å². The Kier molecular flexibility index (Phi) is 140. The Morgan fingerprint density at radius 1 is 0.177 bits per heavy atom. The molecule has 4 N–H and O–H groups in total. The Morgan fingerprint density at radius 2 is 0.271 bits per heavy atom. The Bertz CT molecular complexity index is 1700. The van der Waals surface area contributed by atoms with Gasteiger partial charge in [0.1, 0.15) is 23.0 Å².